The first kappa shape index (κ1) is 12.3. The topological polar surface area (TPSA) is 41.3 Å². The molecule has 1 aliphatic rings. The zero-order chi connectivity index (χ0) is 13.2. The lowest BCUT2D eigenvalue weighted by molar-refractivity contribution is 0.0960. The molecule has 2 heterocycles. The molecule has 0 saturated heterocycles. The Kier molecular flexibility index (Phi) is 3.31. The van der Waals surface area contributed by atoms with Crippen molar-refractivity contribution in [2.24, 2.45) is 0 Å². The van der Waals surface area contributed by atoms with E-state index in [4.69, 9.17) is 0 Å². The van der Waals surface area contributed by atoms with Gasteiger partial charge in [0.25, 0.3) is 0 Å². The monoisotopic (exact) mass is 261 g/mol. The van der Waals surface area contributed by atoms with Crippen LogP contribution in [0.1, 0.15) is 17.5 Å². The second-order valence-electron chi connectivity index (χ2n) is 4.84. The highest BCUT2D eigenvalue weighted by Crippen LogP contribution is 2.18. The molecule has 0 unspecified atom stereocenters. The quantitative estimate of drug-likeness (QED) is 0.912. The van der Waals surface area contributed by atoms with Crippen LogP contribution in [0.5, 0.6) is 0 Å². The van der Waals surface area contributed by atoms with Crippen LogP contribution < -0.4 is 0 Å². The number of benzene rings is 1. The number of imidazole rings is 1. The number of hydrogen-bond donors (Lipinski definition) is 1. The van der Waals surface area contributed by atoms with Gasteiger partial charge in [-0.3, -0.25) is 4.90 Å². The van der Waals surface area contributed by atoms with E-state index in [0.717, 1.165) is 25.5 Å². The summed E-state index contributed by atoms with van der Waals surface area (Å²) < 4.78 is 15.2. The maximum atomic E-state index is 13.1. The van der Waals surface area contributed by atoms with Crippen molar-refractivity contribution in [3.8, 4) is 0 Å². The fourth-order valence-electron chi connectivity index (χ4n) is 2.44. The van der Waals surface area contributed by atoms with E-state index in [1.165, 1.54) is 12.1 Å². The summed E-state index contributed by atoms with van der Waals surface area (Å²) in [6.07, 6.45) is 3.09. The van der Waals surface area contributed by atoms with Gasteiger partial charge in [-0.25, -0.2) is 9.37 Å². The van der Waals surface area contributed by atoms with Gasteiger partial charge in [0, 0.05) is 32.0 Å². The molecule has 4 nitrogen and oxygen atoms in total. The lowest BCUT2D eigenvalue weighted by Crippen LogP contribution is -2.36. The highest BCUT2D eigenvalue weighted by molar-refractivity contribution is 5.19. The Hall–Kier alpha value is -1.72. The number of hydrogen-bond acceptors (Lipinski definition) is 3. The van der Waals surface area contributed by atoms with Crippen molar-refractivity contribution in [1.82, 2.24) is 14.5 Å². The van der Waals surface area contributed by atoms with Crippen molar-refractivity contribution in [2.75, 3.05) is 13.1 Å². The molecule has 1 aromatic carbocycles. The van der Waals surface area contributed by atoms with Gasteiger partial charge in [0.2, 0.25) is 0 Å². The van der Waals surface area contributed by atoms with Crippen LogP contribution in [0.2, 0.25) is 0 Å². The molecule has 2 aromatic rings. The molecule has 1 aliphatic heterocycles. The van der Waals surface area contributed by atoms with Gasteiger partial charge in [-0.2, -0.15) is 0 Å². The van der Waals surface area contributed by atoms with E-state index in [1.807, 2.05) is 6.20 Å². The Labute approximate surface area is 111 Å². The normalized spacial score (nSPS) is 17.2. The Balaban J connectivity index is 1.66. The molecule has 0 spiro atoms. The summed E-state index contributed by atoms with van der Waals surface area (Å²) in [4.78, 5) is 6.42. The van der Waals surface area contributed by atoms with Gasteiger partial charge < -0.3 is 9.67 Å². The molecule has 3 rings (SSSR count). The van der Waals surface area contributed by atoms with E-state index < -0.39 is 6.10 Å². The van der Waals surface area contributed by atoms with Gasteiger partial charge >= 0.3 is 0 Å². The van der Waals surface area contributed by atoms with Crippen molar-refractivity contribution in [2.45, 2.75) is 19.2 Å². The van der Waals surface area contributed by atoms with Crippen LogP contribution in [0.25, 0.3) is 0 Å². The molecule has 100 valence electrons. The standard InChI is InChI=1S/C14H16FN3O/c15-12-3-1-2-11(8-12)13(19)9-17-6-7-18-5-4-16-14(18)10-17/h1-5,8,13,19H,6-7,9-10H2/t13-/m0/s1. The summed E-state index contributed by atoms with van der Waals surface area (Å²) in [5.74, 6) is 0.698. The molecule has 0 fully saturated rings. The van der Waals surface area contributed by atoms with Crippen LogP contribution in [-0.2, 0) is 13.1 Å². The number of β-amino-alcohol motifs (C(OH)–C–C–N with tert-alkyl or cyclic N) is 1. The smallest absolute Gasteiger partial charge is 0.123 e. The fourth-order valence-corrected chi connectivity index (χ4v) is 2.44. The largest absolute Gasteiger partial charge is 0.387 e. The maximum absolute atomic E-state index is 13.1. The summed E-state index contributed by atoms with van der Waals surface area (Å²) in [6.45, 7) is 2.97. The Morgan fingerprint density at radius 2 is 2.26 bits per heavy atom. The molecular formula is C14H16FN3O. The minimum absolute atomic E-state index is 0.314. The summed E-state index contributed by atoms with van der Waals surface area (Å²) in [6, 6.07) is 6.14. The summed E-state index contributed by atoms with van der Waals surface area (Å²) in [5.41, 5.74) is 0.619. The predicted octanol–water partition coefficient (Wildman–Crippen LogP) is 1.57. The minimum atomic E-state index is -0.669. The molecule has 1 aromatic heterocycles. The fraction of sp³-hybridized carbons (Fsp3) is 0.357. The van der Waals surface area contributed by atoms with Crippen molar-refractivity contribution in [1.29, 1.82) is 0 Å². The average Bonchev–Trinajstić information content (AvgIpc) is 2.86. The van der Waals surface area contributed by atoms with Crippen molar-refractivity contribution in [3.63, 3.8) is 0 Å². The number of rotatable bonds is 3. The molecule has 0 bridgehead atoms. The molecule has 0 aliphatic carbocycles. The number of aliphatic hydroxyl groups is 1. The minimum Gasteiger partial charge on any atom is -0.387 e. The van der Waals surface area contributed by atoms with E-state index in [2.05, 4.69) is 14.5 Å². The van der Waals surface area contributed by atoms with Gasteiger partial charge in [-0.1, -0.05) is 12.1 Å². The van der Waals surface area contributed by atoms with Crippen LogP contribution >= 0.6 is 0 Å². The molecule has 0 radical (unpaired) electrons. The molecule has 19 heavy (non-hydrogen) atoms. The molecule has 1 N–H and O–H groups in total. The van der Waals surface area contributed by atoms with Crippen LogP contribution in [0.3, 0.4) is 0 Å². The molecule has 0 saturated carbocycles. The van der Waals surface area contributed by atoms with Crippen LogP contribution in [0.4, 0.5) is 4.39 Å². The van der Waals surface area contributed by atoms with Gasteiger partial charge in [-0.05, 0) is 17.7 Å². The Bertz CT molecular complexity index is 569. The first-order valence-electron chi connectivity index (χ1n) is 6.38. The van der Waals surface area contributed by atoms with Gasteiger partial charge in [0.1, 0.15) is 11.6 Å². The third-order valence-electron chi connectivity index (χ3n) is 3.49. The zero-order valence-corrected chi connectivity index (χ0v) is 10.5. The van der Waals surface area contributed by atoms with Crippen LogP contribution in [0, 0.1) is 5.82 Å². The Morgan fingerprint density at radius 1 is 1.37 bits per heavy atom. The van der Waals surface area contributed by atoms with Crippen LogP contribution in [0.15, 0.2) is 36.7 Å². The lowest BCUT2D eigenvalue weighted by atomic mass is 10.1. The number of aromatic nitrogens is 2. The van der Waals surface area contributed by atoms with Crippen molar-refractivity contribution < 1.29 is 9.50 Å². The second kappa shape index (κ2) is 5.11. The molecule has 5 heteroatoms. The molecule has 0 amide bonds. The highest BCUT2D eigenvalue weighted by atomic mass is 19.1. The number of nitrogens with zero attached hydrogens (tertiary/aromatic N) is 3. The SMILES string of the molecule is O[C@@H](CN1CCn2ccnc2C1)c1cccc(F)c1. The van der Waals surface area contributed by atoms with Crippen molar-refractivity contribution >= 4 is 0 Å². The second-order valence-corrected chi connectivity index (χ2v) is 4.84. The number of aliphatic hydroxyl groups excluding tert-OH is 1. The van der Waals surface area contributed by atoms with E-state index >= 15 is 0 Å². The third-order valence-corrected chi connectivity index (χ3v) is 3.49. The van der Waals surface area contributed by atoms with Crippen molar-refractivity contribution in [3.05, 3.63) is 53.9 Å². The summed E-state index contributed by atoms with van der Waals surface area (Å²) >= 11 is 0. The van der Waals surface area contributed by atoms with E-state index in [-0.39, 0.29) is 5.82 Å². The van der Waals surface area contributed by atoms with Gasteiger partial charge in [-0.15, -0.1) is 0 Å². The summed E-state index contributed by atoms with van der Waals surface area (Å²) in [5, 5.41) is 10.2. The average molecular weight is 261 g/mol. The number of fused-ring (bicyclic) bond motifs is 1. The first-order chi connectivity index (χ1) is 9.22. The maximum Gasteiger partial charge on any atom is 0.123 e. The first-order valence-corrected chi connectivity index (χ1v) is 6.38. The highest BCUT2D eigenvalue weighted by Gasteiger charge is 2.19. The van der Waals surface area contributed by atoms with Gasteiger partial charge in [0.05, 0.1) is 12.6 Å². The molecular weight excluding hydrogens is 245 g/mol. The lowest BCUT2D eigenvalue weighted by Gasteiger charge is -2.29. The zero-order valence-electron chi connectivity index (χ0n) is 10.5. The van der Waals surface area contributed by atoms with Gasteiger partial charge in [0.15, 0.2) is 0 Å². The third kappa shape index (κ3) is 2.67. The molecule has 1 atom stereocenters. The predicted molar refractivity (Wildman–Crippen MR) is 68.9 cm³/mol. The van der Waals surface area contributed by atoms with E-state index in [1.54, 1.807) is 18.3 Å². The summed E-state index contributed by atoms with van der Waals surface area (Å²) in [7, 11) is 0. The number of halogens is 1. The van der Waals surface area contributed by atoms with E-state index in [0.29, 0.717) is 12.1 Å². The van der Waals surface area contributed by atoms with E-state index in [9.17, 15) is 9.50 Å². The Morgan fingerprint density at radius 3 is 3.11 bits per heavy atom. The van der Waals surface area contributed by atoms with Crippen LogP contribution in [-0.4, -0.2) is 32.6 Å².